The monoisotopic (exact) mass is 550 g/mol. The third-order valence-electron chi connectivity index (χ3n) is 5.96. The summed E-state index contributed by atoms with van der Waals surface area (Å²) in [6.07, 6.45) is 1.78. The fraction of sp³-hybridized carbons (Fsp3) is 0.310. The number of fused-ring (bicyclic) bond motifs is 1. The lowest BCUT2D eigenvalue weighted by molar-refractivity contribution is -0.140. The van der Waals surface area contributed by atoms with Crippen molar-refractivity contribution in [2.45, 2.75) is 33.7 Å². The molecule has 2 heterocycles. The zero-order valence-electron chi connectivity index (χ0n) is 22.6. The van der Waals surface area contributed by atoms with E-state index in [2.05, 4.69) is 4.99 Å². The van der Waals surface area contributed by atoms with Crippen molar-refractivity contribution in [1.29, 1.82) is 0 Å². The third kappa shape index (κ3) is 5.96. The van der Waals surface area contributed by atoms with Crippen molar-refractivity contribution in [2.75, 3.05) is 20.8 Å². The smallest absolute Gasteiger partial charge is 0.338 e. The number of carbonyl (C=O) groups excluding carboxylic acids is 2. The van der Waals surface area contributed by atoms with Gasteiger partial charge >= 0.3 is 11.9 Å². The molecule has 0 saturated carbocycles. The van der Waals surface area contributed by atoms with Gasteiger partial charge in [-0.15, -0.1) is 0 Å². The maximum absolute atomic E-state index is 13.8. The van der Waals surface area contributed by atoms with Gasteiger partial charge in [0.05, 0.1) is 42.7 Å². The molecule has 0 aliphatic carbocycles. The van der Waals surface area contributed by atoms with Crippen LogP contribution in [0.3, 0.4) is 0 Å². The number of benzene rings is 2. The molecule has 1 aromatic heterocycles. The van der Waals surface area contributed by atoms with E-state index in [0.29, 0.717) is 26.3 Å². The van der Waals surface area contributed by atoms with E-state index in [-0.39, 0.29) is 35.2 Å². The molecule has 1 atom stereocenters. The summed E-state index contributed by atoms with van der Waals surface area (Å²) in [5.41, 5.74) is 1.79. The second-order valence-corrected chi connectivity index (χ2v) is 10.4. The van der Waals surface area contributed by atoms with Gasteiger partial charge < -0.3 is 18.9 Å². The molecule has 0 saturated heterocycles. The van der Waals surface area contributed by atoms with Crippen LogP contribution >= 0.6 is 11.3 Å². The summed E-state index contributed by atoms with van der Waals surface area (Å²) < 4.78 is 23.5. The molecule has 1 aliphatic rings. The van der Waals surface area contributed by atoms with Gasteiger partial charge in [-0.05, 0) is 54.3 Å². The molecular formula is C29H30N2O7S. The number of rotatable bonds is 8. The van der Waals surface area contributed by atoms with Crippen LogP contribution in [0, 0.1) is 5.92 Å². The van der Waals surface area contributed by atoms with E-state index in [1.165, 1.54) is 29.9 Å². The van der Waals surface area contributed by atoms with Crippen molar-refractivity contribution in [3.8, 4) is 17.2 Å². The Hall–Kier alpha value is -4.18. The molecule has 2 aromatic carbocycles. The predicted octanol–water partition coefficient (Wildman–Crippen LogP) is 3.38. The Labute approximate surface area is 229 Å². The minimum absolute atomic E-state index is 0.127. The zero-order chi connectivity index (χ0) is 28.3. The van der Waals surface area contributed by atoms with Gasteiger partial charge in [-0.25, -0.2) is 9.79 Å². The zero-order valence-corrected chi connectivity index (χ0v) is 23.5. The number of methoxy groups -OCH3 is 2. The average Bonchev–Trinajstić information content (AvgIpc) is 3.20. The molecule has 1 unspecified atom stereocenters. The lowest BCUT2D eigenvalue weighted by atomic mass is 9.95. The fourth-order valence-electron chi connectivity index (χ4n) is 4.16. The number of carbonyl (C=O) groups is 2. The lowest BCUT2D eigenvalue weighted by Crippen LogP contribution is -2.40. The Balaban J connectivity index is 1.90. The highest BCUT2D eigenvalue weighted by atomic mass is 32.1. The van der Waals surface area contributed by atoms with Crippen molar-refractivity contribution in [2.24, 2.45) is 10.9 Å². The van der Waals surface area contributed by atoms with Gasteiger partial charge in [0.15, 0.2) is 16.3 Å². The molecule has 0 N–H and O–H groups in total. The maximum atomic E-state index is 13.8. The number of thiazole rings is 1. The first-order valence-corrected chi connectivity index (χ1v) is 13.1. The molecule has 0 amide bonds. The highest BCUT2D eigenvalue weighted by Gasteiger charge is 2.34. The first-order chi connectivity index (χ1) is 18.6. The quantitative estimate of drug-likeness (QED) is 0.313. The summed E-state index contributed by atoms with van der Waals surface area (Å²) in [5, 5.41) is 0. The number of hydrogen-bond donors (Lipinski definition) is 0. The molecule has 1 aliphatic heterocycles. The highest BCUT2D eigenvalue weighted by Crippen LogP contribution is 2.36. The number of allylic oxidation sites excluding steroid dienone is 1. The van der Waals surface area contributed by atoms with Gasteiger partial charge in [-0.3, -0.25) is 14.2 Å². The van der Waals surface area contributed by atoms with Crippen molar-refractivity contribution in [1.82, 2.24) is 4.57 Å². The second kappa shape index (κ2) is 11.7. The topological polar surface area (TPSA) is 105 Å². The van der Waals surface area contributed by atoms with Crippen molar-refractivity contribution in [3.05, 3.63) is 84.5 Å². The number of aromatic nitrogens is 1. The van der Waals surface area contributed by atoms with Crippen molar-refractivity contribution in [3.63, 3.8) is 0 Å². The number of esters is 2. The van der Waals surface area contributed by atoms with Crippen molar-refractivity contribution < 1.29 is 28.5 Å². The minimum Gasteiger partial charge on any atom is -0.497 e. The largest absolute Gasteiger partial charge is 0.497 e. The lowest BCUT2D eigenvalue weighted by Gasteiger charge is -2.25. The summed E-state index contributed by atoms with van der Waals surface area (Å²) in [6.45, 7) is 7.13. The van der Waals surface area contributed by atoms with Crippen LogP contribution in [-0.2, 0) is 14.3 Å². The van der Waals surface area contributed by atoms with Crippen LogP contribution in [0.25, 0.3) is 6.08 Å². The van der Waals surface area contributed by atoms with E-state index in [0.717, 1.165) is 5.56 Å². The molecule has 4 rings (SSSR count). The van der Waals surface area contributed by atoms with Crippen LogP contribution in [0.2, 0.25) is 0 Å². The van der Waals surface area contributed by atoms with Gasteiger partial charge in [-0.1, -0.05) is 43.4 Å². The van der Waals surface area contributed by atoms with E-state index in [1.807, 2.05) is 38.1 Å². The van der Waals surface area contributed by atoms with Gasteiger partial charge in [0, 0.05) is 6.92 Å². The van der Waals surface area contributed by atoms with Crippen LogP contribution in [0.15, 0.2) is 63.5 Å². The predicted molar refractivity (Wildman–Crippen MR) is 147 cm³/mol. The van der Waals surface area contributed by atoms with Crippen LogP contribution in [-0.4, -0.2) is 37.3 Å². The van der Waals surface area contributed by atoms with Gasteiger partial charge in [0.1, 0.15) is 5.75 Å². The Morgan fingerprint density at radius 3 is 2.41 bits per heavy atom. The Morgan fingerprint density at radius 2 is 1.79 bits per heavy atom. The molecule has 10 heteroatoms. The third-order valence-corrected chi connectivity index (χ3v) is 6.94. The normalized spacial score (nSPS) is 15.1. The van der Waals surface area contributed by atoms with Gasteiger partial charge in [-0.2, -0.15) is 0 Å². The van der Waals surface area contributed by atoms with Gasteiger partial charge in [0.2, 0.25) is 0 Å². The van der Waals surface area contributed by atoms with E-state index < -0.39 is 18.0 Å². The van der Waals surface area contributed by atoms with Crippen LogP contribution in [0.4, 0.5) is 0 Å². The summed E-state index contributed by atoms with van der Waals surface area (Å²) >= 11 is 1.23. The van der Waals surface area contributed by atoms with Gasteiger partial charge in [0.25, 0.3) is 5.56 Å². The highest BCUT2D eigenvalue weighted by molar-refractivity contribution is 7.07. The first-order valence-electron chi connectivity index (χ1n) is 12.3. The standard InChI is InChI=1S/C29H30N2O7S/c1-16(2)15-37-28(34)25-17(3)30-29-31(26(25)20-9-12-22(38-18(4)32)23(14-20)36-6)27(33)24(39-29)13-19-7-10-21(35-5)11-8-19/h7-14,16,26H,15H2,1-6H3. The first kappa shape index (κ1) is 27.8. The van der Waals surface area contributed by atoms with E-state index in [4.69, 9.17) is 18.9 Å². The second-order valence-electron chi connectivity index (χ2n) is 9.35. The fourth-order valence-corrected chi connectivity index (χ4v) is 5.21. The molecule has 0 bridgehead atoms. The Kier molecular flexibility index (Phi) is 8.35. The molecule has 3 aromatic rings. The Bertz CT molecular complexity index is 1610. The summed E-state index contributed by atoms with van der Waals surface area (Å²) in [6, 6.07) is 11.4. The number of hydrogen-bond acceptors (Lipinski definition) is 9. The van der Waals surface area contributed by atoms with Crippen molar-refractivity contribution >= 4 is 29.4 Å². The van der Waals surface area contributed by atoms with E-state index in [1.54, 1.807) is 38.3 Å². The van der Waals surface area contributed by atoms with Crippen LogP contribution < -0.4 is 29.1 Å². The molecule has 39 heavy (non-hydrogen) atoms. The van der Waals surface area contributed by atoms with E-state index >= 15 is 0 Å². The Morgan fingerprint density at radius 1 is 1.08 bits per heavy atom. The summed E-state index contributed by atoms with van der Waals surface area (Å²) in [7, 11) is 3.04. The average molecular weight is 551 g/mol. The SMILES string of the molecule is COc1ccc(C=c2sc3n(c2=O)C(c2ccc(OC(C)=O)c(OC)c2)C(C(=O)OCC(C)C)=C(C)N=3)cc1. The maximum Gasteiger partial charge on any atom is 0.338 e. The summed E-state index contributed by atoms with van der Waals surface area (Å²) in [4.78, 5) is 43.8. The van der Waals surface area contributed by atoms with Crippen LogP contribution in [0.1, 0.15) is 44.9 Å². The number of nitrogens with zero attached hydrogens (tertiary/aromatic N) is 2. The molecule has 0 radical (unpaired) electrons. The summed E-state index contributed by atoms with van der Waals surface area (Å²) in [5.74, 6) is 0.295. The number of ether oxygens (including phenoxy) is 4. The molecule has 0 fully saturated rings. The minimum atomic E-state index is -0.834. The molecular weight excluding hydrogens is 520 g/mol. The van der Waals surface area contributed by atoms with Crippen LogP contribution in [0.5, 0.6) is 17.2 Å². The van der Waals surface area contributed by atoms with E-state index in [9.17, 15) is 14.4 Å². The molecule has 204 valence electrons. The molecule has 0 spiro atoms. The molecule has 9 nitrogen and oxygen atoms in total.